The molecule has 0 unspecified atom stereocenters. The molecule has 0 fully saturated rings. The molecule has 0 bridgehead atoms. The highest BCUT2D eigenvalue weighted by molar-refractivity contribution is 6.26. The Bertz CT molecular complexity index is 3260. The van der Waals surface area contributed by atoms with E-state index < -0.39 is 0 Å². The minimum atomic E-state index is -0.309. The third-order valence-corrected chi connectivity index (χ3v) is 9.77. The molecule has 0 aliphatic heterocycles. The summed E-state index contributed by atoms with van der Waals surface area (Å²) in [6.45, 7) is 0. The van der Waals surface area contributed by atoms with Gasteiger partial charge in [0.25, 0.3) is 0 Å². The Kier molecular flexibility index (Phi) is 4.85. The predicted octanol–water partition coefficient (Wildman–Crippen LogP) is 11.1. The fourth-order valence-electron chi connectivity index (χ4n) is 7.61. The van der Waals surface area contributed by atoms with E-state index in [0.29, 0.717) is 11.6 Å². The number of nitrogens with zero attached hydrogens (tertiary/aromatic N) is 5. The summed E-state index contributed by atoms with van der Waals surface area (Å²) in [6, 6.07) is 45.4. The lowest BCUT2D eigenvalue weighted by Gasteiger charge is -2.12. The van der Waals surface area contributed by atoms with Crippen molar-refractivity contribution in [3.05, 3.63) is 164 Å². The van der Waals surface area contributed by atoms with Crippen LogP contribution in [0.3, 0.4) is 0 Å². The summed E-state index contributed by atoms with van der Waals surface area (Å²) >= 11 is 0. The average molecular weight is 642 g/mol. The molecule has 7 aromatic carbocycles. The number of hydrogen-bond acceptors (Lipinski definition) is 3. The van der Waals surface area contributed by atoms with Gasteiger partial charge in [-0.2, -0.15) is 0 Å². The first kappa shape index (κ1) is 23.5. The first-order chi connectivity index (χ1) is 26.5. The molecule has 0 spiro atoms. The molecular formula is C45H27N5. The SMILES string of the molecule is [2H]c1c([2H])c(-c2nc(-c3ccccc3)nc(-c3ccccc3)n2)c([2H])c(-n2c3ccccc3c3cc4c5cccc6c7ccccc7n(c4cc32)c65)c1[2H]. The van der Waals surface area contributed by atoms with Crippen molar-refractivity contribution < 1.29 is 5.48 Å². The standard InChI is InChI=1S/C45H27N5/c1-3-13-28(14-4-1)43-46-44(29-15-5-2-6-16-29)48-45(47-43)30-17-11-18-31(25-30)49-38-23-9-8-20-33(38)36-26-37-35-22-12-21-34-32-19-7-10-24-39(32)50(42(34)35)41(37)27-40(36)49/h1-27H/i11D,17D,18D,25D. The molecule has 232 valence electrons. The highest BCUT2D eigenvalue weighted by Crippen LogP contribution is 2.42. The topological polar surface area (TPSA) is 48.0 Å². The van der Waals surface area contributed by atoms with E-state index in [4.69, 9.17) is 17.7 Å². The molecule has 0 aliphatic rings. The van der Waals surface area contributed by atoms with Crippen LogP contribution in [0.2, 0.25) is 0 Å². The highest BCUT2D eigenvalue weighted by Gasteiger charge is 2.21. The minimum absolute atomic E-state index is 0.0698. The summed E-state index contributed by atoms with van der Waals surface area (Å²) in [4.78, 5) is 14.5. The second kappa shape index (κ2) is 10.3. The maximum absolute atomic E-state index is 9.82. The van der Waals surface area contributed by atoms with E-state index in [1.54, 1.807) is 0 Å². The van der Waals surface area contributed by atoms with Crippen LogP contribution in [-0.4, -0.2) is 23.9 Å². The molecule has 0 aliphatic carbocycles. The van der Waals surface area contributed by atoms with Crippen molar-refractivity contribution in [3.8, 4) is 39.9 Å². The Morgan fingerprint density at radius 2 is 0.960 bits per heavy atom. The quantitative estimate of drug-likeness (QED) is 0.192. The van der Waals surface area contributed by atoms with E-state index in [1.807, 2.05) is 83.4 Å². The van der Waals surface area contributed by atoms with Crippen molar-refractivity contribution in [2.45, 2.75) is 0 Å². The number of para-hydroxylation sites is 3. The summed E-state index contributed by atoms with van der Waals surface area (Å²) in [6.07, 6.45) is 0. The summed E-state index contributed by atoms with van der Waals surface area (Å²) in [5.74, 6) is 0.878. The van der Waals surface area contributed by atoms with Crippen LogP contribution in [-0.2, 0) is 0 Å². The third kappa shape index (κ3) is 3.86. The van der Waals surface area contributed by atoms with Crippen LogP contribution >= 0.6 is 0 Å². The Morgan fingerprint density at radius 3 is 1.66 bits per heavy atom. The molecule has 0 N–H and O–H groups in total. The van der Waals surface area contributed by atoms with Crippen molar-refractivity contribution in [3.63, 3.8) is 0 Å². The normalized spacial score (nSPS) is 13.1. The second-order valence-corrected chi connectivity index (χ2v) is 12.6. The van der Waals surface area contributed by atoms with Crippen LogP contribution in [0.4, 0.5) is 0 Å². The van der Waals surface area contributed by atoms with E-state index in [9.17, 15) is 2.74 Å². The van der Waals surface area contributed by atoms with Crippen LogP contribution < -0.4 is 0 Å². The number of fused-ring (bicyclic) bond motifs is 9. The lowest BCUT2D eigenvalue weighted by molar-refractivity contribution is 1.07. The van der Waals surface area contributed by atoms with Crippen LogP contribution in [0.5, 0.6) is 0 Å². The monoisotopic (exact) mass is 641 g/mol. The van der Waals surface area contributed by atoms with Crippen LogP contribution in [0.1, 0.15) is 5.48 Å². The van der Waals surface area contributed by atoms with Gasteiger partial charge < -0.3 is 8.97 Å². The molecule has 0 atom stereocenters. The van der Waals surface area contributed by atoms with Crippen molar-refractivity contribution >= 4 is 59.9 Å². The van der Waals surface area contributed by atoms with Crippen molar-refractivity contribution in [2.24, 2.45) is 0 Å². The molecule has 0 saturated heterocycles. The Labute approximate surface area is 292 Å². The van der Waals surface area contributed by atoms with Gasteiger partial charge in [-0.25, -0.2) is 15.0 Å². The summed E-state index contributed by atoms with van der Waals surface area (Å²) in [5.41, 5.74) is 6.64. The minimum Gasteiger partial charge on any atom is -0.309 e. The van der Waals surface area contributed by atoms with Gasteiger partial charge in [0, 0.05) is 54.7 Å². The molecule has 0 amide bonds. The molecular weight excluding hydrogens is 611 g/mol. The van der Waals surface area contributed by atoms with Gasteiger partial charge in [0.1, 0.15) is 0 Å². The Balaban J connectivity index is 1.25. The lowest BCUT2D eigenvalue weighted by atomic mass is 10.1. The predicted molar refractivity (Wildman–Crippen MR) is 205 cm³/mol. The van der Waals surface area contributed by atoms with Gasteiger partial charge in [0.15, 0.2) is 17.5 Å². The Hall–Kier alpha value is -6.85. The molecule has 5 heteroatoms. The first-order valence-corrected chi connectivity index (χ1v) is 16.6. The number of aromatic nitrogens is 5. The van der Waals surface area contributed by atoms with Crippen LogP contribution in [0.15, 0.2) is 164 Å². The van der Waals surface area contributed by atoms with Crippen molar-refractivity contribution in [1.29, 1.82) is 0 Å². The van der Waals surface area contributed by atoms with Gasteiger partial charge in [-0.05, 0) is 36.4 Å². The molecule has 4 heterocycles. The largest absolute Gasteiger partial charge is 0.309 e. The number of hydrogen-bond donors (Lipinski definition) is 0. The fraction of sp³-hybridized carbons (Fsp3) is 0. The van der Waals surface area contributed by atoms with Crippen molar-refractivity contribution in [2.75, 3.05) is 0 Å². The smallest absolute Gasteiger partial charge is 0.164 e. The molecule has 0 saturated carbocycles. The Morgan fingerprint density at radius 1 is 0.420 bits per heavy atom. The zero-order chi connectivity index (χ0) is 36.2. The fourth-order valence-corrected chi connectivity index (χ4v) is 7.61. The van der Waals surface area contributed by atoms with E-state index in [-0.39, 0.29) is 41.2 Å². The van der Waals surface area contributed by atoms with Crippen LogP contribution in [0, 0.1) is 0 Å². The van der Waals surface area contributed by atoms with Crippen molar-refractivity contribution in [1.82, 2.24) is 23.9 Å². The molecule has 4 aromatic heterocycles. The lowest BCUT2D eigenvalue weighted by Crippen LogP contribution is -2.01. The van der Waals surface area contributed by atoms with E-state index in [2.05, 4.69) is 65.1 Å². The van der Waals surface area contributed by atoms with Gasteiger partial charge in [-0.15, -0.1) is 0 Å². The molecule has 11 rings (SSSR count). The molecule has 5 nitrogen and oxygen atoms in total. The highest BCUT2D eigenvalue weighted by atomic mass is 15.0. The second-order valence-electron chi connectivity index (χ2n) is 12.6. The van der Waals surface area contributed by atoms with E-state index >= 15 is 0 Å². The maximum atomic E-state index is 9.82. The van der Waals surface area contributed by atoms with Gasteiger partial charge in [0.2, 0.25) is 0 Å². The zero-order valence-electron chi connectivity index (χ0n) is 30.5. The van der Waals surface area contributed by atoms with Crippen LogP contribution in [0.25, 0.3) is 99.8 Å². The maximum Gasteiger partial charge on any atom is 0.164 e. The average Bonchev–Trinajstić information content (AvgIpc) is 3.85. The van der Waals surface area contributed by atoms with Gasteiger partial charge in [0.05, 0.1) is 33.1 Å². The molecule has 11 aromatic rings. The van der Waals surface area contributed by atoms with Gasteiger partial charge in [-0.1, -0.05) is 127 Å². The molecule has 50 heavy (non-hydrogen) atoms. The van der Waals surface area contributed by atoms with E-state index in [0.717, 1.165) is 60.3 Å². The zero-order valence-corrected chi connectivity index (χ0v) is 26.5. The van der Waals surface area contributed by atoms with Gasteiger partial charge in [-0.3, -0.25) is 0 Å². The van der Waals surface area contributed by atoms with E-state index in [1.165, 1.54) is 10.8 Å². The number of benzene rings is 7. The molecule has 0 radical (unpaired) electrons. The summed E-state index contributed by atoms with van der Waals surface area (Å²) < 4.78 is 41.7. The van der Waals surface area contributed by atoms with Gasteiger partial charge >= 0.3 is 0 Å². The summed E-state index contributed by atoms with van der Waals surface area (Å²) in [7, 11) is 0. The number of rotatable bonds is 4. The summed E-state index contributed by atoms with van der Waals surface area (Å²) in [5, 5.41) is 6.57. The first-order valence-electron chi connectivity index (χ1n) is 18.6. The third-order valence-electron chi connectivity index (χ3n) is 9.77.